The maximum atomic E-state index is 11.8. The first-order valence-electron chi connectivity index (χ1n) is 7.77. The molecule has 1 amide bonds. The summed E-state index contributed by atoms with van der Waals surface area (Å²) in [7, 11) is 1.63. The zero-order valence-electron chi connectivity index (χ0n) is 13.7. The minimum atomic E-state index is 0.0478. The van der Waals surface area contributed by atoms with E-state index in [1.807, 2.05) is 55.5 Å². The van der Waals surface area contributed by atoms with Crippen molar-refractivity contribution < 1.29 is 14.3 Å². The fourth-order valence-electron chi connectivity index (χ4n) is 2.19. The van der Waals surface area contributed by atoms with E-state index in [1.165, 1.54) is 5.56 Å². The molecule has 0 fully saturated rings. The molecule has 0 spiro atoms. The predicted octanol–water partition coefficient (Wildman–Crippen LogP) is 3.48. The molecule has 0 bridgehead atoms. The highest BCUT2D eigenvalue weighted by Gasteiger charge is 2.03. The van der Waals surface area contributed by atoms with Crippen LogP contribution >= 0.6 is 0 Å². The van der Waals surface area contributed by atoms with E-state index in [0.29, 0.717) is 26.0 Å². The lowest BCUT2D eigenvalue weighted by atomic mass is 10.1. The highest BCUT2D eigenvalue weighted by atomic mass is 16.5. The Labute approximate surface area is 137 Å². The van der Waals surface area contributed by atoms with Gasteiger partial charge in [-0.15, -0.1) is 0 Å². The lowest BCUT2D eigenvalue weighted by Gasteiger charge is -2.09. The Hall–Kier alpha value is -2.49. The highest BCUT2D eigenvalue weighted by molar-refractivity contribution is 5.75. The molecule has 0 aliphatic rings. The number of aryl methyl sites for hydroxylation is 1. The van der Waals surface area contributed by atoms with E-state index in [2.05, 4.69) is 5.32 Å². The molecule has 0 saturated heterocycles. The van der Waals surface area contributed by atoms with Crippen LogP contribution in [0.25, 0.3) is 0 Å². The molecule has 0 atom stereocenters. The molecular formula is C19H23NO3. The largest absolute Gasteiger partial charge is 0.497 e. The molecule has 0 heterocycles. The number of amides is 1. The van der Waals surface area contributed by atoms with Crippen molar-refractivity contribution in [2.75, 3.05) is 13.7 Å². The third-order valence-electron chi connectivity index (χ3n) is 3.61. The number of nitrogens with one attached hydrogen (secondary N) is 1. The Morgan fingerprint density at radius 2 is 1.74 bits per heavy atom. The molecule has 0 saturated carbocycles. The number of rotatable bonds is 8. The Balaban J connectivity index is 1.63. The number of carbonyl (C=O) groups excluding carboxylic acids is 1. The second kappa shape index (κ2) is 8.83. The van der Waals surface area contributed by atoms with Crippen molar-refractivity contribution in [3.8, 4) is 11.5 Å². The average molecular weight is 313 g/mol. The number of benzene rings is 2. The maximum Gasteiger partial charge on any atom is 0.220 e. The zero-order valence-corrected chi connectivity index (χ0v) is 13.7. The van der Waals surface area contributed by atoms with E-state index in [1.54, 1.807) is 7.11 Å². The van der Waals surface area contributed by atoms with Gasteiger partial charge in [0.1, 0.15) is 11.5 Å². The van der Waals surface area contributed by atoms with Crippen LogP contribution in [0.3, 0.4) is 0 Å². The summed E-state index contributed by atoms with van der Waals surface area (Å²) < 4.78 is 10.7. The zero-order chi connectivity index (χ0) is 16.5. The molecule has 0 radical (unpaired) electrons. The van der Waals surface area contributed by atoms with Gasteiger partial charge in [-0.3, -0.25) is 4.79 Å². The molecule has 122 valence electrons. The van der Waals surface area contributed by atoms with Gasteiger partial charge in [0.05, 0.1) is 13.7 Å². The van der Waals surface area contributed by atoms with E-state index < -0.39 is 0 Å². The number of methoxy groups -OCH3 is 1. The van der Waals surface area contributed by atoms with Gasteiger partial charge >= 0.3 is 0 Å². The van der Waals surface area contributed by atoms with Gasteiger partial charge in [-0.25, -0.2) is 0 Å². The molecule has 4 nitrogen and oxygen atoms in total. The fraction of sp³-hybridized carbons (Fsp3) is 0.316. The predicted molar refractivity (Wildman–Crippen MR) is 90.7 cm³/mol. The van der Waals surface area contributed by atoms with Crippen LogP contribution in [0.4, 0.5) is 0 Å². The van der Waals surface area contributed by atoms with Crippen LogP contribution in [0.2, 0.25) is 0 Å². The number of hydrogen-bond donors (Lipinski definition) is 1. The highest BCUT2D eigenvalue weighted by Crippen LogP contribution is 2.17. The lowest BCUT2D eigenvalue weighted by Crippen LogP contribution is -2.23. The molecule has 2 rings (SSSR count). The van der Waals surface area contributed by atoms with Gasteiger partial charge < -0.3 is 14.8 Å². The Kier molecular flexibility index (Phi) is 6.48. The van der Waals surface area contributed by atoms with Crippen LogP contribution in [0.1, 0.15) is 24.0 Å². The SMILES string of the molecule is COc1ccc(OCCCC(=O)NCc2ccccc2C)cc1. The van der Waals surface area contributed by atoms with Crippen LogP contribution in [-0.4, -0.2) is 19.6 Å². The normalized spacial score (nSPS) is 10.2. The van der Waals surface area contributed by atoms with E-state index in [-0.39, 0.29) is 5.91 Å². The summed E-state index contributed by atoms with van der Waals surface area (Å²) in [4.78, 5) is 11.8. The molecule has 0 aromatic heterocycles. The van der Waals surface area contributed by atoms with Crippen molar-refractivity contribution in [3.05, 3.63) is 59.7 Å². The molecule has 0 aliphatic heterocycles. The average Bonchev–Trinajstić information content (AvgIpc) is 2.58. The molecule has 2 aromatic carbocycles. The van der Waals surface area contributed by atoms with E-state index in [0.717, 1.165) is 17.1 Å². The third-order valence-corrected chi connectivity index (χ3v) is 3.61. The Morgan fingerprint density at radius 1 is 1.04 bits per heavy atom. The summed E-state index contributed by atoms with van der Waals surface area (Å²) in [6.45, 7) is 3.14. The number of ether oxygens (including phenoxy) is 2. The van der Waals surface area contributed by atoms with Crippen LogP contribution in [0, 0.1) is 6.92 Å². The van der Waals surface area contributed by atoms with Gasteiger partial charge in [0.25, 0.3) is 0 Å². The second-order valence-electron chi connectivity index (χ2n) is 5.33. The second-order valence-corrected chi connectivity index (χ2v) is 5.33. The number of carbonyl (C=O) groups is 1. The van der Waals surface area contributed by atoms with Gasteiger partial charge in [0.15, 0.2) is 0 Å². The summed E-state index contributed by atoms with van der Waals surface area (Å²) in [6.07, 6.45) is 1.15. The first-order valence-corrected chi connectivity index (χ1v) is 7.77. The van der Waals surface area contributed by atoms with Crippen molar-refractivity contribution in [1.82, 2.24) is 5.32 Å². The fourth-order valence-corrected chi connectivity index (χ4v) is 2.19. The van der Waals surface area contributed by atoms with Crippen molar-refractivity contribution in [2.24, 2.45) is 0 Å². The van der Waals surface area contributed by atoms with E-state index in [4.69, 9.17) is 9.47 Å². The van der Waals surface area contributed by atoms with Crippen LogP contribution in [-0.2, 0) is 11.3 Å². The first kappa shape index (κ1) is 16.9. The standard InChI is InChI=1S/C19H23NO3/c1-15-6-3-4-7-16(15)14-20-19(21)8-5-13-23-18-11-9-17(22-2)10-12-18/h3-4,6-7,9-12H,5,8,13-14H2,1-2H3,(H,20,21). The van der Waals surface area contributed by atoms with Gasteiger partial charge in [-0.1, -0.05) is 24.3 Å². The molecule has 0 aliphatic carbocycles. The van der Waals surface area contributed by atoms with Gasteiger partial charge in [-0.05, 0) is 48.7 Å². The van der Waals surface area contributed by atoms with Crippen molar-refractivity contribution in [2.45, 2.75) is 26.3 Å². The monoisotopic (exact) mass is 313 g/mol. The quantitative estimate of drug-likeness (QED) is 0.759. The van der Waals surface area contributed by atoms with Crippen LogP contribution in [0.15, 0.2) is 48.5 Å². The topological polar surface area (TPSA) is 47.6 Å². The van der Waals surface area contributed by atoms with Gasteiger partial charge in [-0.2, -0.15) is 0 Å². The van der Waals surface area contributed by atoms with Gasteiger partial charge in [0.2, 0.25) is 5.91 Å². The van der Waals surface area contributed by atoms with Crippen molar-refractivity contribution >= 4 is 5.91 Å². The summed E-state index contributed by atoms with van der Waals surface area (Å²) in [5.41, 5.74) is 2.34. The van der Waals surface area contributed by atoms with Crippen molar-refractivity contribution in [3.63, 3.8) is 0 Å². The third kappa shape index (κ3) is 5.66. The van der Waals surface area contributed by atoms with Crippen LogP contribution in [0.5, 0.6) is 11.5 Å². The summed E-state index contributed by atoms with van der Waals surface area (Å²) in [5.74, 6) is 1.63. The van der Waals surface area contributed by atoms with E-state index in [9.17, 15) is 4.79 Å². The van der Waals surface area contributed by atoms with Gasteiger partial charge in [0, 0.05) is 13.0 Å². The van der Waals surface area contributed by atoms with Crippen molar-refractivity contribution in [1.29, 1.82) is 0 Å². The van der Waals surface area contributed by atoms with E-state index >= 15 is 0 Å². The summed E-state index contributed by atoms with van der Waals surface area (Å²) in [6, 6.07) is 15.5. The lowest BCUT2D eigenvalue weighted by molar-refractivity contribution is -0.121. The number of hydrogen-bond acceptors (Lipinski definition) is 3. The van der Waals surface area contributed by atoms with Crippen LogP contribution < -0.4 is 14.8 Å². The Bertz CT molecular complexity index is 623. The maximum absolute atomic E-state index is 11.8. The molecule has 23 heavy (non-hydrogen) atoms. The Morgan fingerprint density at radius 3 is 2.43 bits per heavy atom. The summed E-state index contributed by atoms with van der Waals surface area (Å²) in [5, 5.41) is 2.94. The molecule has 1 N–H and O–H groups in total. The minimum absolute atomic E-state index is 0.0478. The first-order chi connectivity index (χ1) is 11.2. The molecule has 2 aromatic rings. The molecule has 4 heteroatoms. The molecule has 0 unspecified atom stereocenters. The minimum Gasteiger partial charge on any atom is -0.497 e. The molecular weight excluding hydrogens is 290 g/mol. The summed E-state index contributed by atoms with van der Waals surface area (Å²) >= 11 is 0. The smallest absolute Gasteiger partial charge is 0.220 e.